The smallest absolute Gasteiger partial charge is 0.342 e. The number of nitrogens with one attached hydrogen (secondary N) is 1. The van der Waals surface area contributed by atoms with Crippen molar-refractivity contribution in [3.63, 3.8) is 0 Å². The molecular weight excluding hydrogens is 418 g/mol. The molecule has 0 saturated carbocycles. The Hall–Kier alpha value is -2.62. The quantitative estimate of drug-likeness (QED) is 0.315. The summed E-state index contributed by atoms with van der Waals surface area (Å²) in [6.07, 6.45) is 4.30. The van der Waals surface area contributed by atoms with Gasteiger partial charge in [0, 0.05) is 36.9 Å². The highest BCUT2D eigenvalue weighted by atomic mass is 35.5. The fraction of sp³-hybridized carbons (Fsp3) is 0.450. The van der Waals surface area contributed by atoms with Crippen molar-refractivity contribution in [3.8, 4) is 11.5 Å². The number of allylic oxidation sites excluding steroid dienone is 1. The number of Topliss-reactive ketones (excluding diaryl/α,β-unsaturated/α-hetero) is 1. The van der Waals surface area contributed by atoms with Crippen LogP contribution in [0.4, 0.5) is 0 Å². The van der Waals surface area contributed by atoms with Crippen molar-refractivity contribution in [2.24, 2.45) is 0 Å². The van der Waals surface area contributed by atoms with E-state index in [1.165, 1.54) is 0 Å². The van der Waals surface area contributed by atoms with Crippen LogP contribution in [0.3, 0.4) is 0 Å². The molecule has 1 aromatic rings. The molecule has 2 unspecified atom stereocenters. The number of benzene rings is 1. The number of ether oxygens (including phenoxy) is 1. The SMILES string of the molecule is CC1CC=CCCC(NOCC(=O)O)CC(=O)Cc2c(Cl)c(O)cc(O)c2C(=O)O1. The molecule has 1 aliphatic heterocycles. The molecule has 1 aromatic carbocycles. The number of cyclic esters (lactones) is 1. The Kier molecular flexibility index (Phi) is 8.64. The lowest BCUT2D eigenvalue weighted by molar-refractivity contribution is -0.146. The second-order valence-electron chi connectivity index (χ2n) is 7.00. The molecule has 10 heteroatoms. The minimum Gasteiger partial charge on any atom is -0.507 e. The molecule has 0 saturated heterocycles. The molecule has 0 radical (unpaired) electrons. The van der Waals surface area contributed by atoms with Gasteiger partial charge in [-0.3, -0.25) is 9.63 Å². The fourth-order valence-corrected chi connectivity index (χ4v) is 3.25. The highest BCUT2D eigenvalue weighted by Gasteiger charge is 2.27. The van der Waals surface area contributed by atoms with Gasteiger partial charge in [0.15, 0.2) is 6.61 Å². The standard InChI is InChI=1S/C20H24ClNO8/c1-11-5-3-2-4-6-12(22-29-10-17(26)27)7-13(23)8-14-18(20(28)30-11)15(24)9-16(25)19(14)21/h2-3,9,11-12,22,24-25H,4-8,10H2,1H3,(H,26,27). The third-order valence-corrected chi connectivity index (χ3v) is 4.87. The number of aromatic hydroxyl groups is 2. The van der Waals surface area contributed by atoms with Gasteiger partial charge in [-0.05, 0) is 19.8 Å². The first kappa shape index (κ1) is 23.7. The average molecular weight is 442 g/mol. The van der Waals surface area contributed by atoms with Gasteiger partial charge < -0.3 is 20.1 Å². The van der Waals surface area contributed by atoms with E-state index in [-0.39, 0.29) is 34.8 Å². The summed E-state index contributed by atoms with van der Waals surface area (Å²) in [5, 5.41) is 28.6. The Morgan fingerprint density at radius 2 is 2.03 bits per heavy atom. The van der Waals surface area contributed by atoms with Crippen LogP contribution in [-0.2, 0) is 25.6 Å². The number of carbonyl (C=O) groups excluding carboxylic acids is 2. The van der Waals surface area contributed by atoms with Crippen LogP contribution in [0.5, 0.6) is 11.5 Å². The summed E-state index contributed by atoms with van der Waals surface area (Å²) in [6.45, 7) is 1.11. The normalized spacial score (nSPS) is 20.9. The van der Waals surface area contributed by atoms with E-state index in [2.05, 4.69) is 5.48 Å². The zero-order valence-electron chi connectivity index (χ0n) is 16.4. The monoisotopic (exact) mass is 441 g/mol. The summed E-state index contributed by atoms with van der Waals surface area (Å²) in [5.41, 5.74) is 2.28. The Labute approximate surface area is 178 Å². The topological polar surface area (TPSA) is 142 Å². The second-order valence-corrected chi connectivity index (χ2v) is 7.38. The number of rotatable bonds is 4. The van der Waals surface area contributed by atoms with Crippen molar-refractivity contribution >= 4 is 29.3 Å². The molecule has 1 heterocycles. The number of phenolic OH excluding ortho intramolecular Hbond substituents is 2. The van der Waals surface area contributed by atoms with Gasteiger partial charge >= 0.3 is 11.9 Å². The summed E-state index contributed by atoms with van der Waals surface area (Å²) in [4.78, 5) is 40.8. The molecule has 2 atom stereocenters. The maximum absolute atomic E-state index is 12.7. The Morgan fingerprint density at radius 3 is 2.73 bits per heavy atom. The predicted octanol–water partition coefficient (Wildman–Crippen LogP) is 2.51. The van der Waals surface area contributed by atoms with E-state index in [1.807, 2.05) is 12.2 Å². The Bertz CT molecular complexity index is 839. The number of hydroxylamine groups is 1. The largest absolute Gasteiger partial charge is 0.507 e. The molecular formula is C20H24ClNO8. The molecule has 164 valence electrons. The maximum Gasteiger partial charge on any atom is 0.342 e. The van der Waals surface area contributed by atoms with Crippen molar-refractivity contribution in [3.05, 3.63) is 34.4 Å². The number of halogens is 1. The first-order chi connectivity index (χ1) is 14.2. The summed E-state index contributed by atoms with van der Waals surface area (Å²) in [5.74, 6) is -3.38. The molecule has 0 amide bonds. The summed E-state index contributed by atoms with van der Waals surface area (Å²) in [6, 6.07) is 0.437. The van der Waals surface area contributed by atoms with Gasteiger partial charge in [0.2, 0.25) is 0 Å². The molecule has 30 heavy (non-hydrogen) atoms. The number of fused-ring (bicyclic) bond motifs is 1. The number of ketones is 1. The van der Waals surface area contributed by atoms with Crippen LogP contribution in [0, 0.1) is 0 Å². The van der Waals surface area contributed by atoms with Crippen molar-refractivity contribution in [1.29, 1.82) is 0 Å². The fourth-order valence-electron chi connectivity index (χ4n) is 3.04. The predicted molar refractivity (Wildman–Crippen MR) is 106 cm³/mol. The van der Waals surface area contributed by atoms with Crippen LogP contribution < -0.4 is 5.48 Å². The number of aliphatic carboxylic acids is 1. The third kappa shape index (κ3) is 6.72. The van der Waals surface area contributed by atoms with Gasteiger partial charge in [-0.1, -0.05) is 23.8 Å². The number of carbonyl (C=O) groups is 3. The van der Waals surface area contributed by atoms with Crippen LogP contribution in [0.1, 0.15) is 48.5 Å². The molecule has 0 aliphatic carbocycles. The van der Waals surface area contributed by atoms with Gasteiger partial charge in [-0.15, -0.1) is 0 Å². The van der Waals surface area contributed by atoms with Crippen molar-refractivity contribution in [2.75, 3.05) is 6.61 Å². The van der Waals surface area contributed by atoms with E-state index < -0.39 is 42.2 Å². The molecule has 9 nitrogen and oxygen atoms in total. The van der Waals surface area contributed by atoms with Crippen molar-refractivity contribution in [1.82, 2.24) is 5.48 Å². The minimum absolute atomic E-state index is 0.0332. The number of carboxylic acid groups (broad SMARTS) is 1. The van der Waals surface area contributed by atoms with Crippen LogP contribution in [-0.4, -0.2) is 51.8 Å². The Balaban J connectivity index is 2.34. The van der Waals surface area contributed by atoms with Gasteiger partial charge in [-0.2, -0.15) is 5.48 Å². The average Bonchev–Trinajstić information content (AvgIpc) is 2.64. The molecule has 0 bridgehead atoms. The lowest BCUT2D eigenvalue weighted by atomic mass is 9.96. The van der Waals surface area contributed by atoms with Gasteiger partial charge in [-0.25, -0.2) is 9.59 Å². The summed E-state index contributed by atoms with van der Waals surface area (Å²) >= 11 is 6.12. The highest BCUT2D eigenvalue weighted by molar-refractivity contribution is 6.33. The van der Waals surface area contributed by atoms with E-state index in [4.69, 9.17) is 26.3 Å². The van der Waals surface area contributed by atoms with Crippen LogP contribution in [0.15, 0.2) is 18.2 Å². The van der Waals surface area contributed by atoms with Gasteiger partial charge in [0.05, 0.1) is 5.02 Å². The van der Waals surface area contributed by atoms with Crippen LogP contribution in [0.2, 0.25) is 5.02 Å². The molecule has 2 rings (SSSR count). The van der Waals surface area contributed by atoms with E-state index >= 15 is 0 Å². The van der Waals surface area contributed by atoms with Crippen LogP contribution >= 0.6 is 11.6 Å². The number of phenols is 2. The second kappa shape index (κ2) is 11.0. The molecule has 4 N–H and O–H groups in total. The number of hydrogen-bond donors (Lipinski definition) is 4. The molecule has 1 aliphatic rings. The molecule has 0 aromatic heterocycles. The van der Waals surface area contributed by atoms with E-state index in [9.17, 15) is 24.6 Å². The third-order valence-electron chi connectivity index (χ3n) is 4.44. The zero-order chi connectivity index (χ0) is 22.3. The van der Waals surface area contributed by atoms with Gasteiger partial charge in [0.25, 0.3) is 0 Å². The molecule has 0 spiro atoms. The zero-order valence-corrected chi connectivity index (χ0v) is 17.1. The van der Waals surface area contributed by atoms with E-state index in [1.54, 1.807) is 6.92 Å². The van der Waals surface area contributed by atoms with Crippen molar-refractivity contribution < 1.29 is 39.3 Å². The van der Waals surface area contributed by atoms with Crippen molar-refractivity contribution in [2.45, 2.75) is 51.2 Å². The summed E-state index contributed by atoms with van der Waals surface area (Å²) < 4.78 is 5.34. The Morgan fingerprint density at radius 1 is 1.30 bits per heavy atom. The van der Waals surface area contributed by atoms with E-state index in [0.29, 0.717) is 19.3 Å². The maximum atomic E-state index is 12.7. The minimum atomic E-state index is -1.16. The number of hydrogen-bond acceptors (Lipinski definition) is 8. The van der Waals surface area contributed by atoms with Gasteiger partial charge in [0.1, 0.15) is 28.9 Å². The summed E-state index contributed by atoms with van der Waals surface area (Å²) in [7, 11) is 0. The first-order valence-electron chi connectivity index (χ1n) is 9.39. The number of esters is 1. The first-order valence-corrected chi connectivity index (χ1v) is 9.76. The lowest BCUT2D eigenvalue weighted by Gasteiger charge is -2.19. The lowest BCUT2D eigenvalue weighted by Crippen LogP contribution is -2.33. The highest BCUT2D eigenvalue weighted by Crippen LogP contribution is 2.37. The molecule has 0 fully saturated rings. The van der Waals surface area contributed by atoms with Crippen LogP contribution in [0.25, 0.3) is 0 Å². The van der Waals surface area contributed by atoms with E-state index in [0.717, 1.165) is 6.07 Å². The number of carboxylic acids is 1.